The van der Waals surface area contributed by atoms with Crippen molar-refractivity contribution in [1.82, 2.24) is 14.9 Å². The second-order valence-electron chi connectivity index (χ2n) is 8.52. The third-order valence-electron chi connectivity index (χ3n) is 6.23. The summed E-state index contributed by atoms with van der Waals surface area (Å²) < 4.78 is 5.68. The third kappa shape index (κ3) is 4.60. The van der Waals surface area contributed by atoms with Crippen LogP contribution in [0.3, 0.4) is 0 Å². The van der Waals surface area contributed by atoms with Gasteiger partial charge in [0.25, 0.3) is 0 Å². The average Bonchev–Trinajstić information content (AvgIpc) is 3.03. The number of ether oxygens (including phenoxy) is 1. The number of carbonyl (C=O) groups excluding carboxylic acids is 1. The molecule has 1 saturated heterocycles. The number of amides is 1. The first-order valence-electron chi connectivity index (χ1n) is 11.5. The molecule has 0 saturated carbocycles. The van der Waals surface area contributed by atoms with E-state index >= 15 is 0 Å². The number of benzene rings is 2. The van der Waals surface area contributed by atoms with E-state index < -0.39 is 0 Å². The summed E-state index contributed by atoms with van der Waals surface area (Å²) in [5, 5.41) is 6.22. The fourth-order valence-electron chi connectivity index (χ4n) is 4.28. The minimum Gasteiger partial charge on any atom is -0.494 e. The molecule has 0 bridgehead atoms. The summed E-state index contributed by atoms with van der Waals surface area (Å²) in [6.07, 6.45) is 2.02. The lowest BCUT2D eigenvalue weighted by Gasteiger charge is -2.34. The highest BCUT2D eigenvalue weighted by atomic mass is 16.5. The number of rotatable bonds is 5. The summed E-state index contributed by atoms with van der Waals surface area (Å²) in [6.45, 7) is 4.59. The molecule has 1 aromatic heterocycles. The number of hydrogen-bond acceptors (Lipinski definition) is 8. The van der Waals surface area contributed by atoms with Crippen LogP contribution in [0.4, 0.5) is 34.5 Å². The van der Waals surface area contributed by atoms with Crippen LogP contribution in [0, 0.1) is 0 Å². The SMILES string of the molecule is COc1cc(N2CCN(C)CC2)ccc1Nc1ncc2c(n1)N(c1ccccc1)CCC(=O)N2. The van der Waals surface area contributed by atoms with E-state index in [0.717, 1.165) is 49.0 Å². The van der Waals surface area contributed by atoms with Gasteiger partial charge in [0.2, 0.25) is 11.9 Å². The highest BCUT2D eigenvalue weighted by Gasteiger charge is 2.23. The second-order valence-corrected chi connectivity index (χ2v) is 8.52. The van der Waals surface area contributed by atoms with Gasteiger partial charge in [0.05, 0.1) is 19.0 Å². The Hall–Kier alpha value is -3.85. The predicted octanol–water partition coefficient (Wildman–Crippen LogP) is 3.46. The molecule has 2 aliphatic rings. The Kier molecular flexibility index (Phi) is 6.18. The lowest BCUT2D eigenvalue weighted by molar-refractivity contribution is -0.115. The fourth-order valence-corrected chi connectivity index (χ4v) is 4.28. The number of para-hydroxylation sites is 1. The molecule has 0 unspecified atom stereocenters. The van der Waals surface area contributed by atoms with Crippen molar-refractivity contribution in [1.29, 1.82) is 0 Å². The molecule has 34 heavy (non-hydrogen) atoms. The van der Waals surface area contributed by atoms with E-state index in [9.17, 15) is 4.79 Å². The first-order valence-corrected chi connectivity index (χ1v) is 11.5. The number of nitrogens with one attached hydrogen (secondary N) is 2. The maximum absolute atomic E-state index is 12.2. The van der Waals surface area contributed by atoms with Crippen LogP contribution in [-0.4, -0.2) is 67.7 Å². The van der Waals surface area contributed by atoms with Crippen molar-refractivity contribution in [2.45, 2.75) is 6.42 Å². The molecule has 9 heteroatoms. The summed E-state index contributed by atoms with van der Waals surface area (Å²) in [7, 11) is 3.81. The molecule has 2 N–H and O–H groups in total. The van der Waals surface area contributed by atoms with Crippen molar-refractivity contribution in [3.8, 4) is 5.75 Å². The van der Waals surface area contributed by atoms with Crippen molar-refractivity contribution >= 4 is 40.4 Å². The molecule has 3 aromatic rings. The van der Waals surface area contributed by atoms with Gasteiger partial charge in [-0.15, -0.1) is 0 Å². The van der Waals surface area contributed by atoms with E-state index in [4.69, 9.17) is 9.72 Å². The molecule has 5 rings (SSSR count). The lowest BCUT2D eigenvalue weighted by Crippen LogP contribution is -2.44. The zero-order valence-corrected chi connectivity index (χ0v) is 19.5. The summed E-state index contributed by atoms with van der Waals surface area (Å²) in [4.78, 5) is 28.2. The van der Waals surface area contributed by atoms with E-state index in [1.54, 1.807) is 13.3 Å². The van der Waals surface area contributed by atoms with E-state index in [0.29, 0.717) is 30.4 Å². The highest BCUT2D eigenvalue weighted by Crippen LogP contribution is 2.35. The molecule has 0 atom stereocenters. The van der Waals surface area contributed by atoms with Crippen LogP contribution in [0.2, 0.25) is 0 Å². The largest absolute Gasteiger partial charge is 0.494 e. The minimum absolute atomic E-state index is 0.0508. The van der Waals surface area contributed by atoms with Crippen molar-refractivity contribution in [3.05, 3.63) is 54.7 Å². The maximum atomic E-state index is 12.2. The summed E-state index contributed by atoms with van der Waals surface area (Å²) >= 11 is 0. The summed E-state index contributed by atoms with van der Waals surface area (Å²) in [5.41, 5.74) is 3.48. The topological polar surface area (TPSA) is 85.9 Å². The van der Waals surface area contributed by atoms with Crippen LogP contribution in [0.1, 0.15) is 6.42 Å². The predicted molar refractivity (Wildman–Crippen MR) is 135 cm³/mol. The van der Waals surface area contributed by atoms with Gasteiger partial charge in [-0.3, -0.25) is 4.79 Å². The maximum Gasteiger partial charge on any atom is 0.229 e. The molecule has 3 heterocycles. The number of nitrogens with zero attached hydrogens (tertiary/aromatic N) is 5. The Morgan fingerprint density at radius 2 is 1.79 bits per heavy atom. The third-order valence-corrected chi connectivity index (χ3v) is 6.23. The molecule has 0 radical (unpaired) electrons. The van der Waals surface area contributed by atoms with Crippen LogP contribution < -0.4 is 25.2 Å². The first kappa shape index (κ1) is 22.0. The number of piperazine rings is 1. The number of aromatic nitrogens is 2. The van der Waals surface area contributed by atoms with Crippen molar-refractivity contribution in [2.75, 3.05) is 67.3 Å². The van der Waals surface area contributed by atoms with Gasteiger partial charge in [-0.05, 0) is 31.3 Å². The smallest absolute Gasteiger partial charge is 0.229 e. The number of hydrogen-bond donors (Lipinski definition) is 2. The van der Waals surface area contributed by atoms with Gasteiger partial charge in [0.1, 0.15) is 11.4 Å². The molecule has 0 aliphatic carbocycles. The number of carbonyl (C=O) groups is 1. The molecule has 0 spiro atoms. The Morgan fingerprint density at radius 3 is 2.56 bits per heavy atom. The van der Waals surface area contributed by atoms with Gasteiger partial charge in [0.15, 0.2) is 5.82 Å². The van der Waals surface area contributed by atoms with E-state index in [2.05, 4.69) is 38.5 Å². The van der Waals surface area contributed by atoms with Gasteiger partial charge >= 0.3 is 0 Å². The monoisotopic (exact) mass is 459 g/mol. The van der Waals surface area contributed by atoms with Crippen LogP contribution in [0.25, 0.3) is 0 Å². The van der Waals surface area contributed by atoms with Gasteiger partial charge in [-0.2, -0.15) is 4.98 Å². The Bertz CT molecular complexity index is 1160. The standard InChI is InChI=1S/C25H29N7O2/c1-30-12-14-31(15-13-30)19-8-9-20(22(16-19)34-2)28-25-26-17-21-24(29-25)32(11-10-23(33)27-21)18-6-4-3-5-7-18/h3-9,16-17H,10-15H2,1-2H3,(H,27,33)(H,26,28,29). The molecular formula is C25H29N7O2. The van der Waals surface area contributed by atoms with Crippen LogP contribution in [-0.2, 0) is 4.79 Å². The minimum atomic E-state index is -0.0508. The van der Waals surface area contributed by atoms with Gasteiger partial charge in [0, 0.05) is 56.6 Å². The highest BCUT2D eigenvalue weighted by molar-refractivity contribution is 5.96. The van der Waals surface area contributed by atoms with Crippen LogP contribution in [0.5, 0.6) is 5.75 Å². The Morgan fingerprint density at radius 1 is 1.00 bits per heavy atom. The zero-order chi connectivity index (χ0) is 23.5. The summed E-state index contributed by atoms with van der Waals surface area (Å²) in [5.74, 6) is 1.76. The number of anilines is 6. The first-order chi connectivity index (χ1) is 16.6. The van der Waals surface area contributed by atoms with Crippen molar-refractivity contribution in [3.63, 3.8) is 0 Å². The van der Waals surface area contributed by atoms with Crippen LogP contribution in [0.15, 0.2) is 54.7 Å². The summed E-state index contributed by atoms with van der Waals surface area (Å²) in [6, 6.07) is 16.1. The second kappa shape index (κ2) is 9.56. The molecule has 2 aromatic carbocycles. The van der Waals surface area contributed by atoms with E-state index in [1.807, 2.05) is 47.4 Å². The normalized spacial score (nSPS) is 16.5. The Labute approximate surface area is 199 Å². The lowest BCUT2D eigenvalue weighted by atomic mass is 10.2. The molecule has 9 nitrogen and oxygen atoms in total. The van der Waals surface area contributed by atoms with Gasteiger partial charge in [-0.1, -0.05) is 18.2 Å². The van der Waals surface area contributed by atoms with E-state index in [-0.39, 0.29) is 5.91 Å². The quantitative estimate of drug-likeness (QED) is 0.600. The van der Waals surface area contributed by atoms with Crippen LogP contribution >= 0.6 is 0 Å². The fraction of sp³-hybridized carbons (Fsp3) is 0.320. The van der Waals surface area contributed by atoms with Gasteiger partial charge < -0.3 is 30.1 Å². The number of methoxy groups -OCH3 is 1. The average molecular weight is 460 g/mol. The van der Waals surface area contributed by atoms with Crippen molar-refractivity contribution in [2.24, 2.45) is 0 Å². The molecule has 2 aliphatic heterocycles. The Balaban J connectivity index is 1.43. The molecule has 1 fully saturated rings. The molecule has 176 valence electrons. The van der Waals surface area contributed by atoms with E-state index in [1.165, 1.54) is 0 Å². The molecular weight excluding hydrogens is 430 g/mol. The number of fused-ring (bicyclic) bond motifs is 1. The number of likely N-dealkylation sites (N-methyl/N-ethyl adjacent to an activating group) is 1. The van der Waals surface area contributed by atoms with Crippen molar-refractivity contribution < 1.29 is 9.53 Å². The molecule has 1 amide bonds. The zero-order valence-electron chi connectivity index (χ0n) is 19.5. The van der Waals surface area contributed by atoms with Gasteiger partial charge in [-0.25, -0.2) is 4.98 Å².